The summed E-state index contributed by atoms with van der Waals surface area (Å²) in [7, 11) is 0. The Labute approximate surface area is 197 Å². The number of hydrogen-bond acceptors (Lipinski definition) is 8. The fourth-order valence-corrected chi connectivity index (χ4v) is 4.64. The third-order valence-corrected chi connectivity index (χ3v) is 6.50. The number of hydrogen-bond donors (Lipinski definition) is 0. The van der Waals surface area contributed by atoms with Crippen LogP contribution in [0.25, 0.3) is 5.69 Å². The van der Waals surface area contributed by atoms with Crippen LogP contribution in [-0.4, -0.2) is 24.6 Å². The number of para-hydroxylation sites is 1. The standard InChI is InChI=1S/C22H17N5O4S2/c28-26(29)19-10-6-16(7-11-19)14-32-21-23-22(25(24-21)18-4-2-1-3-5-18)33-15-17-8-12-20(13-9-17)27(30)31/h1-13H,14-15H2. The van der Waals surface area contributed by atoms with E-state index < -0.39 is 9.85 Å². The highest BCUT2D eigenvalue weighted by Gasteiger charge is 2.14. The van der Waals surface area contributed by atoms with Gasteiger partial charge in [-0.3, -0.25) is 20.2 Å². The van der Waals surface area contributed by atoms with E-state index in [1.807, 2.05) is 30.3 Å². The van der Waals surface area contributed by atoms with Crippen molar-refractivity contribution < 1.29 is 9.85 Å². The van der Waals surface area contributed by atoms with Gasteiger partial charge in [-0.15, -0.1) is 5.10 Å². The Morgan fingerprint density at radius 2 is 1.24 bits per heavy atom. The Kier molecular flexibility index (Phi) is 7.01. The van der Waals surface area contributed by atoms with Crippen molar-refractivity contribution in [2.45, 2.75) is 21.8 Å². The van der Waals surface area contributed by atoms with Crippen molar-refractivity contribution in [3.05, 3.63) is 110 Å². The van der Waals surface area contributed by atoms with Gasteiger partial charge in [0.1, 0.15) is 0 Å². The minimum absolute atomic E-state index is 0.0557. The maximum absolute atomic E-state index is 10.9. The molecule has 4 rings (SSSR count). The number of rotatable bonds is 9. The molecule has 0 fully saturated rings. The molecule has 0 N–H and O–H groups in total. The average molecular weight is 480 g/mol. The molecule has 0 amide bonds. The van der Waals surface area contributed by atoms with E-state index in [0.29, 0.717) is 21.8 Å². The van der Waals surface area contributed by atoms with Gasteiger partial charge in [-0.1, -0.05) is 66.0 Å². The first-order valence-electron chi connectivity index (χ1n) is 9.74. The second kappa shape index (κ2) is 10.3. The molecule has 1 heterocycles. The van der Waals surface area contributed by atoms with Crippen molar-refractivity contribution >= 4 is 34.9 Å². The monoisotopic (exact) mass is 479 g/mol. The molecule has 0 bridgehead atoms. The summed E-state index contributed by atoms with van der Waals surface area (Å²) in [6.07, 6.45) is 0. The molecule has 1 aromatic heterocycles. The lowest BCUT2D eigenvalue weighted by molar-refractivity contribution is -0.385. The summed E-state index contributed by atoms with van der Waals surface area (Å²) >= 11 is 2.93. The zero-order valence-electron chi connectivity index (χ0n) is 17.1. The lowest BCUT2D eigenvalue weighted by Gasteiger charge is -2.05. The van der Waals surface area contributed by atoms with Crippen molar-refractivity contribution in [3.63, 3.8) is 0 Å². The average Bonchev–Trinajstić information content (AvgIpc) is 3.25. The number of nitro benzene ring substituents is 2. The maximum atomic E-state index is 10.9. The van der Waals surface area contributed by atoms with Gasteiger partial charge in [0.2, 0.25) is 5.16 Å². The molecule has 11 heteroatoms. The number of benzene rings is 3. The Hall–Kier alpha value is -3.70. The maximum Gasteiger partial charge on any atom is 0.269 e. The largest absolute Gasteiger partial charge is 0.269 e. The van der Waals surface area contributed by atoms with Crippen LogP contribution in [0.5, 0.6) is 0 Å². The van der Waals surface area contributed by atoms with Gasteiger partial charge in [-0.2, -0.15) is 4.98 Å². The summed E-state index contributed by atoms with van der Waals surface area (Å²) in [5.41, 5.74) is 2.86. The van der Waals surface area contributed by atoms with E-state index in [-0.39, 0.29) is 11.4 Å². The predicted molar refractivity (Wildman–Crippen MR) is 127 cm³/mol. The third-order valence-electron chi connectivity index (χ3n) is 4.59. The van der Waals surface area contributed by atoms with Gasteiger partial charge in [-0.05, 0) is 23.3 Å². The number of thioether (sulfide) groups is 2. The van der Waals surface area contributed by atoms with Crippen LogP contribution in [0.2, 0.25) is 0 Å². The van der Waals surface area contributed by atoms with Gasteiger partial charge in [0.15, 0.2) is 5.16 Å². The first kappa shape index (κ1) is 22.5. The topological polar surface area (TPSA) is 117 Å². The molecule has 3 aromatic carbocycles. The normalized spacial score (nSPS) is 10.8. The van der Waals surface area contributed by atoms with Gasteiger partial charge < -0.3 is 0 Å². The quantitative estimate of drug-likeness (QED) is 0.171. The van der Waals surface area contributed by atoms with E-state index >= 15 is 0 Å². The van der Waals surface area contributed by atoms with Crippen LogP contribution in [0.3, 0.4) is 0 Å². The van der Waals surface area contributed by atoms with Gasteiger partial charge in [0.25, 0.3) is 11.4 Å². The molecule has 0 aliphatic carbocycles. The summed E-state index contributed by atoms with van der Waals surface area (Å²) in [5, 5.41) is 27.6. The van der Waals surface area contributed by atoms with Crippen LogP contribution in [0, 0.1) is 20.2 Å². The van der Waals surface area contributed by atoms with E-state index in [1.165, 1.54) is 47.8 Å². The number of nitrogens with zero attached hydrogens (tertiary/aromatic N) is 5. The van der Waals surface area contributed by atoms with Crippen molar-refractivity contribution in [2.75, 3.05) is 0 Å². The molecule has 9 nitrogen and oxygen atoms in total. The second-order valence-electron chi connectivity index (χ2n) is 6.85. The Balaban J connectivity index is 1.50. The zero-order valence-corrected chi connectivity index (χ0v) is 18.7. The molecule has 4 aromatic rings. The molecule has 166 valence electrons. The van der Waals surface area contributed by atoms with Crippen LogP contribution < -0.4 is 0 Å². The molecule has 0 unspecified atom stereocenters. The highest BCUT2D eigenvalue weighted by Crippen LogP contribution is 2.29. The number of non-ortho nitro benzene ring substituents is 2. The van der Waals surface area contributed by atoms with Crippen LogP contribution >= 0.6 is 23.5 Å². The van der Waals surface area contributed by atoms with Crippen LogP contribution in [0.15, 0.2) is 89.2 Å². The molecular weight excluding hydrogens is 462 g/mol. The minimum atomic E-state index is -0.422. The number of nitro groups is 2. The van der Waals surface area contributed by atoms with Gasteiger partial charge in [-0.25, -0.2) is 4.68 Å². The molecule has 0 radical (unpaired) electrons. The first-order chi connectivity index (χ1) is 16.0. The molecular formula is C22H17N5O4S2. The van der Waals surface area contributed by atoms with Crippen LogP contribution in [0.1, 0.15) is 11.1 Å². The molecule has 0 atom stereocenters. The summed E-state index contributed by atoms with van der Waals surface area (Å²) < 4.78 is 1.77. The van der Waals surface area contributed by atoms with Crippen molar-refractivity contribution in [3.8, 4) is 5.69 Å². The van der Waals surface area contributed by atoms with Gasteiger partial charge in [0, 0.05) is 35.8 Å². The fourth-order valence-electron chi connectivity index (χ4n) is 2.90. The van der Waals surface area contributed by atoms with E-state index in [9.17, 15) is 20.2 Å². The first-order valence-corrected chi connectivity index (χ1v) is 11.7. The Bertz CT molecular complexity index is 1260. The third kappa shape index (κ3) is 5.76. The molecule has 0 saturated heterocycles. The highest BCUT2D eigenvalue weighted by atomic mass is 32.2. The minimum Gasteiger partial charge on any atom is -0.258 e. The van der Waals surface area contributed by atoms with Crippen LogP contribution in [-0.2, 0) is 11.5 Å². The van der Waals surface area contributed by atoms with E-state index in [0.717, 1.165) is 16.8 Å². The van der Waals surface area contributed by atoms with E-state index in [1.54, 1.807) is 28.9 Å². The summed E-state index contributed by atoms with van der Waals surface area (Å²) in [5.74, 6) is 1.15. The van der Waals surface area contributed by atoms with Gasteiger partial charge in [0.05, 0.1) is 15.5 Å². The van der Waals surface area contributed by atoms with Crippen molar-refractivity contribution in [2.24, 2.45) is 0 Å². The lowest BCUT2D eigenvalue weighted by atomic mass is 10.2. The van der Waals surface area contributed by atoms with E-state index in [4.69, 9.17) is 0 Å². The zero-order chi connectivity index (χ0) is 23.2. The second-order valence-corrected chi connectivity index (χ2v) is 8.73. The van der Waals surface area contributed by atoms with Crippen molar-refractivity contribution in [1.29, 1.82) is 0 Å². The van der Waals surface area contributed by atoms with Crippen LogP contribution in [0.4, 0.5) is 11.4 Å². The van der Waals surface area contributed by atoms with Gasteiger partial charge >= 0.3 is 0 Å². The lowest BCUT2D eigenvalue weighted by Crippen LogP contribution is -1.98. The SMILES string of the molecule is O=[N+]([O-])c1ccc(CSc2nc(SCc3ccc([N+](=O)[O-])cc3)n(-c3ccccc3)n2)cc1. The Morgan fingerprint density at radius 1 is 0.727 bits per heavy atom. The Morgan fingerprint density at radius 3 is 1.76 bits per heavy atom. The predicted octanol–water partition coefficient (Wildman–Crippen LogP) is 5.67. The molecule has 0 aliphatic heterocycles. The molecule has 0 aliphatic rings. The fraction of sp³-hybridized carbons (Fsp3) is 0.0909. The summed E-state index contributed by atoms with van der Waals surface area (Å²) in [6, 6.07) is 22.5. The molecule has 0 spiro atoms. The number of aromatic nitrogens is 3. The smallest absolute Gasteiger partial charge is 0.258 e. The molecule has 0 saturated carbocycles. The van der Waals surface area contributed by atoms with E-state index in [2.05, 4.69) is 10.1 Å². The summed E-state index contributed by atoms with van der Waals surface area (Å²) in [4.78, 5) is 25.5. The molecule has 33 heavy (non-hydrogen) atoms. The highest BCUT2D eigenvalue weighted by molar-refractivity contribution is 7.99. The van der Waals surface area contributed by atoms with Crippen molar-refractivity contribution in [1.82, 2.24) is 14.8 Å². The summed E-state index contributed by atoms with van der Waals surface area (Å²) in [6.45, 7) is 0.